The molecule has 0 radical (unpaired) electrons. The van der Waals surface area contributed by atoms with Crippen molar-refractivity contribution in [2.45, 2.75) is 0 Å². The molecular formula is C17H14ClN3O3. The number of fused-ring (bicyclic) bond motifs is 1. The van der Waals surface area contributed by atoms with E-state index >= 15 is 0 Å². The number of nitrogens with one attached hydrogen (secondary N) is 1. The average Bonchev–Trinajstić information content (AvgIpc) is 2.60. The van der Waals surface area contributed by atoms with E-state index in [0.717, 1.165) is 10.9 Å². The van der Waals surface area contributed by atoms with Gasteiger partial charge in [0.15, 0.2) is 6.61 Å². The van der Waals surface area contributed by atoms with Crippen LogP contribution in [-0.4, -0.2) is 29.6 Å². The van der Waals surface area contributed by atoms with E-state index in [1.54, 1.807) is 18.2 Å². The monoisotopic (exact) mass is 343 g/mol. The van der Waals surface area contributed by atoms with Crippen LogP contribution in [0.15, 0.2) is 48.8 Å². The van der Waals surface area contributed by atoms with Gasteiger partial charge in [-0.2, -0.15) is 0 Å². The highest BCUT2D eigenvalue weighted by Crippen LogP contribution is 2.27. The van der Waals surface area contributed by atoms with E-state index < -0.39 is 0 Å². The SMILES string of the molecule is COc1ccc(NC(=O)COc2ncnc3ccccc23)cc1Cl. The number of nitrogens with zero attached hydrogens (tertiary/aromatic N) is 2. The van der Waals surface area contributed by atoms with Gasteiger partial charge in [0.25, 0.3) is 5.91 Å². The van der Waals surface area contributed by atoms with Gasteiger partial charge in [0.2, 0.25) is 5.88 Å². The minimum atomic E-state index is -0.320. The van der Waals surface area contributed by atoms with Crippen LogP contribution < -0.4 is 14.8 Å². The fraction of sp³-hybridized carbons (Fsp3) is 0.118. The van der Waals surface area contributed by atoms with Crippen LogP contribution in [-0.2, 0) is 4.79 Å². The second-order valence-electron chi connectivity index (χ2n) is 4.88. The summed E-state index contributed by atoms with van der Waals surface area (Å²) in [6, 6.07) is 12.4. The van der Waals surface area contributed by atoms with E-state index in [4.69, 9.17) is 21.1 Å². The van der Waals surface area contributed by atoms with Crippen molar-refractivity contribution in [3.63, 3.8) is 0 Å². The van der Waals surface area contributed by atoms with E-state index in [2.05, 4.69) is 15.3 Å². The fourth-order valence-electron chi connectivity index (χ4n) is 2.17. The lowest BCUT2D eigenvalue weighted by Gasteiger charge is -2.09. The van der Waals surface area contributed by atoms with E-state index in [1.807, 2.05) is 24.3 Å². The van der Waals surface area contributed by atoms with Gasteiger partial charge in [-0.1, -0.05) is 23.7 Å². The zero-order chi connectivity index (χ0) is 16.9. The van der Waals surface area contributed by atoms with E-state index in [0.29, 0.717) is 22.3 Å². The summed E-state index contributed by atoms with van der Waals surface area (Å²) >= 11 is 6.03. The Balaban J connectivity index is 1.66. The Hall–Kier alpha value is -2.86. The number of anilines is 1. The first-order valence-electron chi connectivity index (χ1n) is 7.13. The molecule has 1 N–H and O–H groups in total. The zero-order valence-corrected chi connectivity index (χ0v) is 13.6. The summed E-state index contributed by atoms with van der Waals surface area (Å²) in [5, 5.41) is 3.87. The van der Waals surface area contributed by atoms with Gasteiger partial charge in [0.1, 0.15) is 12.1 Å². The minimum Gasteiger partial charge on any atom is -0.495 e. The Morgan fingerprint density at radius 2 is 2.04 bits per heavy atom. The van der Waals surface area contributed by atoms with Gasteiger partial charge in [-0.15, -0.1) is 0 Å². The van der Waals surface area contributed by atoms with Gasteiger partial charge in [0, 0.05) is 5.69 Å². The number of rotatable bonds is 5. The van der Waals surface area contributed by atoms with Gasteiger partial charge in [-0.25, -0.2) is 9.97 Å². The summed E-state index contributed by atoms with van der Waals surface area (Å²) in [6.45, 7) is -0.176. The molecule has 7 heteroatoms. The molecule has 1 amide bonds. The third-order valence-corrected chi connectivity index (χ3v) is 3.58. The largest absolute Gasteiger partial charge is 0.495 e. The standard InChI is InChI=1S/C17H14ClN3O3/c1-23-15-7-6-11(8-13(15)18)21-16(22)9-24-17-12-4-2-3-5-14(12)19-10-20-17/h2-8,10H,9H2,1H3,(H,21,22). The topological polar surface area (TPSA) is 73.3 Å². The highest BCUT2D eigenvalue weighted by atomic mass is 35.5. The van der Waals surface area contributed by atoms with Crippen molar-refractivity contribution in [1.82, 2.24) is 9.97 Å². The number of benzene rings is 2. The molecule has 2 aromatic carbocycles. The number of methoxy groups -OCH3 is 1. The predicted octanol–water partition coefficient (Wildman–Crippen LogP) is 3.31. The summed E-state index contributed by atoms with van der Waals surface area (Å²) in [5.41, 5.74) is 1.31. The lowest BCUT2D eigenvalue weighted by atomic mass is 10.2. The van der Waals surface area contributed by atoms with E-state index in [9.17, 15) is 4.79 Å². The summed E-state index contributed by atoms with van der Waals surface area (Å²) in [4.78, 5) is 20.3. The molecule has 0 fully saturated rings. The van der Waals surface area contributed by atoms with Crippen molar-refractivity contribution in [2.75, 3.05) is 19.0 Å². The molecule has 0 spiro atoms. The van der Waals surface area contributed by atoms with Crippen LogP contribution in [0.5, 0.6) is 11.6 Å². The first-order valence-corrected chi connectivity index (χ1v) is 7.51. The first kappa shape index (κ1) is 16.0. The Morgan fingerprint density at radius 3 is 2.83 bits per heavy atom. The van der Waals surface area contributed by atoms with Gasteiger partial charge in [0.05, 0.1) is 23.0 Å². The van der Waals surface area contributed by atoms with Crippen LogP contribution in [0.1, 0.15) is 0 Å². The molecule has 122 valence electrons. The molecule has 0 atom stereocenters. The zero-order valence-electron chi connectivity index (χ0n) is 12.8. The lowest BCUT2D eigenvalue weighted by molar-refractivity contribution is -0.118. The first-order chi connectivity index (χ1) is 11.7. The van der Waals surface area contributed by atoms with Crippen LogP contribution in [0.4, 0.5) is 5.69 Å². The number of hydrogen-bond acceptors (Lipinski definition) is 5. The van der Waals surface area contributed by atoms with Crippen LogP contribution in [0.3, 0.4) is 0 Å². The van der Waals surface area contributed by atoms with Crippen molar-refractivity contribution < 1.29 is 14.3 Å². The number of amides is 1. The van der Waals surface area contributed by atoms with Gasteiger partial charge in [-0.3, -0.25) is 4.79 Å². The summed E-state index contributed by atoms with van der Waals surface area (Å²) in [7, 11) is 1.53. The molecule has 0 aliphatic carbocycles. The molecule has 6 nitrogen and oxygen atoms in total. The van der Waals surface area contributed by atoms with Crippen molar-refractivity contribution in [2.24, 2.45) is 0 Å². The maximum Gasteiger partial charge on any atom is 0.262 e. The highest BCUT2D eigenvalue weighted by Gasteiger charge is 2.09. The summed E-state index contributed by atoms with van der Waals surface area (Å²) in [6.07, 6.45) is 1.40. The molecule has 1 heterocycles. The molecule has 0 bridgehead atoms. The number of carbonyl (C=O) groups excluding carboxylic acids is 1. The normalized spacial score (nSPS) is 10.4. The van der Waals surface area contributed by atoms with Gasteiger partial charge in [-0.05, 0) is 30.3 Å². The highest BCUT2D eigenvalue weighted by molar-refractivity contribution is 6.32. The van der Waals surface area contributed by atoms with E-state index in [1.165, 1.54) is 13.4 Å². The van der Waals surface area contributed by atoms with Crippen LogP contribution in [0.2, 0.25) is 5.02 Å². The third kappa shape index (κ3) is 3.55. The molecular weight excluding hydrogens is 330 g/mol. The second-order valence-corrected chi connectivity index (χ2v) is 5.29. The maximum atomic E-state index is 12.0. The lowest BCUT2D eigenvalue weighted by Crippen LogP contribution is -2.20. The molecule has 3 aromatic rings. The molecule has 0 unspecified atom stereocenters. The fourth-order valence-corrected chi connectivity index (χ4v) is 2.43. The van der Waals surface area contributed by atoms with Crippen molar-refractivity contribution >= 4 is 34.1 Å². The van der Waals surface area contributed by atoms with Gasteiger partial charge < -0.3 is 14.8 Å². The van der Waals surface area contributed by atoms with Crippen LogP contribution in [0.25, 0.3) is 10.9 Å². The average molecular weight is 344 g/mol. The second kappa shape index (κ2) is 7.14. The van der Waals surface area contributed by atoms with Crippen molar-refractivity contribution in [1.29, 1.82) is 0 Å². The number of para-hydroxylation sites is 1. The Bertz CT molecular complexity index is 881. The molecule has 0 saturated heterocycles. The molecule has 24 heavy (non-hydrogen) atoms. The number of ether oxygens (including phenoxy) is 2. The molecule has 1 aromatic heterocycles. The Morgan fingerprint density at radius 1 is 1.21 bits per heavy atom. The number of carbonyl (C=O) groups is 1. The van der Waals surface area contributed by atoms with Crippen molar-refractivity contribution in [3.05, 3.63) is 53.8 Å². The smallest absolute Gasteiger partial charge is 0.262 e. The minimum absolute atomic E-state index is 0.176. The van der Waals surface area contributed by atoms with E-state index in [-0.39, 0.29) is 12.5 Å². The number of halogens is 1. The number of aromatic nitrogens is 2. The van der Waals surface area contributed by atoms with Crippen molar-refractivity contribution in [3.8, 4) is 11.6 Å². The Kier molecular flexibility index (Phi) is 4.77. The number of hydrogen-bond donors (Lipinski definition) is 1. The summed E-state index contributed by atoms with van der Waals surface area (Å²) in [5.74, 6) is 0.584. The molecule has 0 aliphatic heterocycles. The molecule has 0 aliphatic rings. The quantitative estimate of drug-likeness (QED) is 0.769. The molecule has 0 saturated carbocycles. The van der Waals surface area contributed by atoms with Gasteiger partial charge >= 0.3 is 0 Å². The van der Waals surface area contributed by atoms with Crippen LogP contribution in [0, 0.1) is 0 Å². The summed E-state index contributed by atoms with van der Waals surface area (Å²) < 4.78 is 10.6. The maximum absolute atomic E-state index is 12.0. The molecule has 3 rings (SSSR count). The predicted molar refractivity (Wildman–Crippen MR) is 91.7 cm³/mol. The van der Waals surface area contributed by atoms with Crippen LogP contribution >= 0.6 is 11.6 Å². The third-order valence-electron chi connectivity index (χ3n) is 3.28. The Labute approximate surface area is 143 Å².